The van der Waals surface area contributed by atoms with E-state index < -0.39 is 0 Å². The van der Waals surface area contributed by atoms with E-state index in [4.69, 9.17) is 10.3 Å². The standard InChI is InChI=1S/C11H13N3O/c1-7(2)8-3-5-9(6-4-8)10-13-11(12)15-14-10/h3-7H,1-2H3,(H2,12,13,14). The van der Waals surface area contributed by atoms with Gasteiger partial charge in [-0.25, -0.2) is 0 Å². The van der Waals surface area contributed by atoms with E-state index in [1.165, 1.54) is 5.56 Å². The lowest BCUT2D eigenvalue weighted by molar-refractivity contribution is 0.437. The lowest BCUT2D eigenvalue weighted by Gasteiger charge is -2.04. The third-order valence-electron chi connectivity index (χ3n) is 2.28. The van der Waals surface area contributed by atoms with Crippen molar-refractivity contribution in [1.29, 1.82) is 0 Å². The van der Waals surface area contributed by atoms with Gasteiger partial charge in [0.2, 0.25) is 5.82 Å². The number of anilines is 1. The number of hydrogen-bond acceptors (Lipinski definition) is 4. The minimum absolute atomic E-state index is 0.0953. The van der Waals surface area contributed by atoms with Crippen LogP contribution in [0.2, 0.25) is 0 Å². The molecule has 1 aromatic heterocycles. The van der Waals surface area contributed by atoms with Crippen LogP contribution in [0.25, 0.3) is 11.4 Å². The third kappa shape index (κ3) is 1.98. The first-order chi connectivity index (χ1) is 7.16. The fourth-order valence-corrected chi connectivity index (χ4v) is 1.37. The zero-order valence-electron chi connectivity index (χ0n) is 8.77. The van der Waals surface area contributed by atoms with Crippen molar-refractivity contribution in [1.82, 2.24) is 10.1 Å². The Hall–Kier alpha value is -1.84. The van der Waals surface area contributed by atoms with E-state index >= 15 is 0 Å². The van der Waals surface area contributed by atoms with E-state index in [0.29, 0.717) is 11.7 Å². The molecule has 0 aliphatic heterocycles. The van der Waals surface area contributed by atoms with Crippen LogP contribution in [0.1, 0.15) is 25.3 Å². The minimum atomic E-state index is 0.0953. The quantitative estimate of drug-likeness (QED) is 0.814. The molecule has 0 fully saturated rings. The molecule has 0 amide bonds. The van der Waals surface area contributed by atoms with E-state index in [1.807, 2.05) is 12.1 Å². The number of nitrogens with two attached hydrogens (primary N) is 1. The highest BCUT2D eigenvalue weighted by Gasteiger charge is 2.06. The van der Waals surface area contributed by atoms with Crippen molar-refractivity contribution in [2.24, 2.45) is 0 Å². The molecule has 0 saturated carbocycles. The summed E-state index contributed by atoms with van der Waals surface area (Å²) in [5.41, 5.74) is 7.56. The Labute approximate surface area is 88.1 Å². The number of aromatic nitrogens is 2. The number of rotatable bonds is 2. The SMILES string of the molecule is CC(C)c1ccc(-c2noc(N)n2)cc1. The maximum absolute atomic E-state index is 5.35. The lowest BCUT2D eigenvalue weighted by atomic mass is 10.0. The van der Waals surface area contributed by atoms with Crippen LogP contribution in [0, 0.1) is 0 Å². The summed E-state index contributed by atoms with van der Waals surface area (Å²) in [6.45, 7) is 4.31. The van der Waals surface area contributed by atoms with Gasteiger partial charge < -0.3 is 10.3 Å². The second-order valence-corrected chi connectivity index (χ2v) is 3.73. The molecule has 2 N–H and O–H groups in total. The first-order valence-corrected chi connectivity index (χ1v) is 4.86. The van der Waals surface area contributed by atoms with E-state index in [0.717, 1.165) is 5.56 Å². The largest absolute Gasteiger partial charge is 0.351 e. The van der Waals surface area contributed by atoms with Crippen LogP contribution in [0.5, 0.6) is 0 Å². The molecule has 0 aliphatic carbocycles. The van der Waals surface area contributed by atoms with Crippen molar-refractivity contribution in [3.05, 3.63) is 29.8 Å². The van der Waals surface area contributed by atoms with E-state index in [9.17, 15) is 0 Å². The molecule has 0 saturated heterocycles. The molecule has 2 rings (SSSR count). The average Bonchev–Trinajstić information content (AvgIpc) is 2.65. The van der Waals surface area contributed by atoms with Gasteiger partial charge in [0, 0.05) is 5.56 Å². The molecule has 2 aromatic rings. The number of nitrogens with zero attached hydrogens (tertiary/aromatic N) is 2. The van der Waals surface area contributed by atoms with Gasteiger partial charge >= 0.3 is 6.01 Å². The van der Waals surface area contributed by atoms with Crippen molar-refractivity contribution in [3.63, 3.8) is 0 Å². The minimum Gasteiger partial charge on any atom is -0.351 e. The Kier molecular flexibility index (Phi) is 2.41. The van der Waals surface area contributed by atoms with Gasteiger partial charge in [-0.1, -0.05) is 43.3 Å². The summed E-state index contributed by atoms with van der Waals surface area (Å²) in [5.74, 6) is 1.05. The molecule has 0 unspecified atom stereocenters. The summed E-state index contributed by atoms with van der Waals surface area (Å²) >= 11 is 0. The summed E-state index contributed by atoms with van der Waals surface area (Å²) < 4.78 is 4.71. The Bertz CT molecular complexity index is 445. The molecule has 78 valence electrons. The van der Waals surface area contributed by atoms with Crippen molar-refractivity contribution < 1.29 is 4.52 Å². The highest BCUT2D eigenvalue weighted by molar-refractivity contribution is 5.55. The molecule has 15 heavy (non-hydrogen) atoms. The zero-order chi connectivity index (χ0) is 10.8. The van der Waals surface area contributed by atoms with Gasteiger partial charge in [0.05, 0.1) is 0 Å². The summed E-state index contributed by atoms with van der Waals surface area (Å²) in [7, 11) is 0. The lowest BCUT2D eigenvalue weighted by Crippen LogP contribution is -1.88. The molecular weight excluding hydrogens is 190 g/mol. The second-order valence-electron chi connectivity index (χ2n) is 3.73. The molecule has 0 atom stereocenters. The third-order valence-corrected chi connectivity index (χ3v) is 2.28. The predicted molar refractivity (Wildman–Crippen MR) is 58.2 cm³/mol. The summed E-state index contributed by atoms with van der Waals surface area (Å²) in [4.78, 5) is 3.96. The summed E-state index contributed by atoms with van der Waals surface area (Å²) in [6.07, 6.45) is 0. The fraction of sp³-hybridized carbons (Fsp3) is 0.273. The Morgan fingerprint density at radius 3 is 2.33 bits per heavy atom. The maximum Gasteiger partial charge on any atom is 0.319 e. The van der Waals surface area contributed by atoms with Gasteiger partial charge in [0.15, 0.2) is 0 Å². The number of nitrogen functional groups attached to an aromatic ring is 1. The van der Waals surface area contributed by atoms with Gasteiger partial charge in [-0.15, -0.1) is 0 Å². The monoisotopic (exact) mass is 203 g/mol. The van der Waals surface area contributed by atoms with Crippen molar-refractivity contribution in [3.8, 4) is 11.4 Å². The molecule has 1 aromatic carbocycles. The summed E-state index contributed by atoms with van der Waals surface area (Å²) in [5, 5.41) is 3.75. The average molecular weight is 203 g/mol. The number of benzene rings is 1. The topological polar surface area (TPSA) is 64.9 Å². The molecular formula is C11H13N3O. The normalized spacial score (nSPS) is 10.9. The van der Waals surface area contributed by atoms with Gasteiger partial charge in [-0.2, -0.15) is 4.98 Å². The van der Waals surface area contributed by atoms with Gasteiger partial charge in [0.25, 0.3) is 0 Å². The highest BCUT2D eigenvalue weighted by atomic mass is 16.5. The van der Waals surface area contributed by atoms with Gasteiger partial charge in [-0.3, -0.25) is 0 Å². The van der Waals surface area contributed by atoms with Crippen LogP contribution >= 0.6 is 0 Å². The molecule has 0 spiro atoms. The second kappa shape index (κ2) is 3.73. The van der Waals surface area contributed by atoms with E-state index in [-0.39, 0.29) is 6.01 Å². The van der Waals surface area contributed by atoms with Crippen LogP contribution in [-0.4, -0.2) is 10.1 Å². The molecule has 0 radical (unpaired) electrons. The highest BCUT2D eigenvalue weighted by Crippen LogP contribution is 2.20. The van der Waals surface area contributed by atoms with Gasteiger partial charge in [-0.05, 0) is 11.5 Å². The molecule has 1 heterocycles. The zero-order valence-corrected chi connectivity index (χ0v) is 8.77. The summed E-state index contributed by atoms with van der Waals surface area (Å²) in [6, 6.07) is 8.16. The maximum atomic E-state index is 5.35. The van der Waals surface area contributed by atoms with Gasteiger partial charge in [0.1, 0.15) is 0 Å². The van der Waals surface area contributed by atoms with E-state index in [1.54, 1.807) is 0 Å². The molecule has 4 nitrogen and oxygen atoms in total. The number of hydrogen-bond donors (Lipinski definition) is 1. The van der Waals surface area contributed by atoms with Crippen molar-refractivity contribution in [2.45, 2.75) is 19.8 Å². The van der Waals surface area contributed by atoms with Crippen LogP contribution in [-0.2, 0) is 0 Å². The molecule has 4 heteroatoms. The Morgan fingerprint density at radius 1 is 1.20 bits per heavy atom. The van der Waals surface area contributed by atoms with E-state index in [2.05, 4.69) is 36.1 Å². The first-order valence-electron chi connectivity index (χ1n) is 4.86. The van der Waals surface area contributed by atoms with Crippen LogP contribution in [0.3, 0.4) is 0 Å². The Morgan fingerprint density at radius 2 is 1.87 bits per heavy atom. The molecule has 0 bridgehead atoms. The van der Waals surface area contributed by atoms with Crippen LogP contribution in [0.15, 0.2) is 28.8 Å². The smallest absolute Gasteiger partial charge is 0.319 e. The van der Waals surface area contributed by atoms with Crippen LogP contribution in [0.4, 0.5) is 6.01 Å². The first kappa shape index (κ1) is 9.71. The van der Waals surface area contributed by atoms with Crippen molar-refractivity contribution in [2.75, 3.05) is 5.73 Å². The molecule has 0 aliphatic rings. The fourth-order valence-electron chi connectivity index (χ4n) is 1.37. The predicted octanol–water partition coefficient (Wildman–Crippen LogP) is 2.44. The Balaban J connectivity index is 2.31. The van der Waals surface area contributed by atoms with Crippen molar-refractivity contribution >= 4 is 6.01 Å². The van der Waals surface area contributed by atoms with Crippen LogP contribution < -0.4 is 5.73 Å².